The van der Waals surface area contributed by atoms with Gasteiger partial charge < -0.3 is 19.5 Å². The molecular formula is C11H11NO3. The molecule has 2 unspecified atom stereocenters. The highest BCUT2D eigenvalue weighted by Crippen LogP contribution is 2.46. The van der Waals surface area contributed by atoms with E-state index in [0.717, 1.165) is 24.6 Å². The SMILES string of the molecule is c1c2c(cc3c1C1CNCC3O1)OCO2. The molecule has 3 aliphatic heterocycles. The molecule has 0 aliphatic carbocycles. The Bertz CT molecular complexity index is 395. The van der Waals surface area contributed by atoms with Crippen molar-refractivity contribution in [3.05, 3.63) is 23.3 Å². The number of hydrogen-bond donors (Lipinski definition) is 1. The van der Waals surface area contributed by atoms with E-state index in [-0.39, 0.29) is 12.2 Å². The summed E-state index contributed by atoms with van der Waals surface area (Å²) in [5.41, 5.74) is 2.52. The van der Waals surface area contributed by atoms with Gasteiger partial charge in [0.25, 0.3) is 0 Å². The van der Waals surface area contributed by atoms with Gasteiger partial charge in [0.15, 0.2) is 11.5 Å². The third-order valence-corrected chi connectivity index (χ3v) is 3.26. The average molecular weight is 205 g/mol. The second-order valence-corrected chi connectivity index (χ2v) is 4.11. The van der Waals surface area contributed by atoms with Gasteiger partial charge in [-0.1, -0.05) is 0 Å². The van der Waals surface area contributed by atoms with Crippen LogP contribution in [-0.4, -0.2) is 19.9 Å². The van der Waals surface area contributed by atoms with E-state index in [2.05, 4.69) is 17.4 Å². The Hall–Kier alpha value is -1.26. The number of benzene rings is 1. The fourth-order valence-corrected chi connectivity index (χ4v) is 2.54. The lowest BCUT2D eigenvalue weighted by Gasteiger charge is -2.21. The molecule has 15 heavy (non-hydrogen) atoms. The first-order valence-corrected chi connectivity index (χ1v) is 5.21. The first-order chi connectivity index (χ1) is 7.42. The summed E-state index contributed by atoms with van der Waals surface area (Å²) in [6.45, 7) is 2.12. The minimum atomic E-state index is 0.188. The summed E-state index contributed by atoms with van der Waals surface area (Å²) in [6.07, 6.45) is 0.376. The van der Waals surface area contributed by atoms with Crippen molar-refractivity contribution in [2.75, 3.05) is 19.9 Å². The van der Waals surface area contributed by atoms with Crippen LogP contribution in [-0.2, 0) is 4.74 Å². The third-order valence-electron chi connectivity index (χ3n) is 3.26. The Labute approximate surface area is 87.1 Å². The van der Waals surface area contributed by atoms with Gasteiger partial charge in [-0.05, 0) is 23.3 Å². The molecule has 2 atom stereocenters. The maximum Gasteiger partial charge on any atom is 0.231 e. The van der Waals surface area contributed by atoms with Gasteiger partial charge >= 0.3 is 0 Å². The molecule has 1 aromatic rings. The predicted octanol–water partition coefficient (Wildman–Crippen LogP) is 1.13. The predicted molar refractivity (Wildman–Crippen MR) is 52.0 cm³/mol. The quantitative estimate of drug-likeness (QED) is 0.689. The monoisotopic (exact) mass is 205 g/mol. The highest BCUT2D eigenvalue weighted by molar-refractivity contribution is 5.52. The van der Waals surface area contributed by atoms with Crippen molar-refractivity contribution in [1.82, 2.24) is 5.32 Å². The number of rotatable bonds is 0. The molecule has 3 aliphatic rings. The van der Waals surface area contributed by atoms with E-state index in [1.54, 1.807) is 0 Å². The third kappa shape index (κ3) is 0.979. The molecule has 0 amide bonds. The Kier molecular flexibility index (Phi) is 1.41. The van der Waals surface area contributed by atoms with Gasteiger partial charge in [-0.2, -0.15) is 0 Å². The number of nitrogens with one attached hydrogen (secondary N) is 1. The molecule has 1 fully saturated rings. The van der Waals surface area contributed by atoms with Crippen LogP contribution >= 0.6 is 0 Å². The minimum Gasteiger partial charge on any atom is -0.454 e. The zero-order chi connectivity index (χ0) is 9.83. The highest BCUT2D eigenvalue weighted by atomic mass is 16.7. The number of hydrogen-bond acceptors (Lipinski definition) is 4. The van der Waals surface area contributed by atoms with Gasteiger partial charge in [-0.3, -0.25) is 0 Å². The first-order valence-electron chi connectivity index (χ1n) is 5.21. The van der Waals surface area contributed by atoms with E-state index < -0.39 is 0 Å². The van der Waals surface area contributed by atoms with E-state index in [0.29, 0.717) is 6.79 Å². The maximum absolute atomic E-state index is 5.87. The van der Waals surface area contributed by atoms with Gasteiger partial charge in [-0.15, -0.1) is 0 Å². The molecule has 4 rings (SSSR count). The molecule has 4 heteroatoms. The van der Waals surface area contributed by atoms with Crippen LogP contribution in [0.5, 0.6) is 11.5 Å². The highest BCUT2D eigenvalue weighted by Gasteiger charge is 2.36. The van der Waals surface area contributed by atoms with Crippen LogP contribution in [0.25, 0.3) is 0 Å². The van der Waals surface area contributed by atoms with E-state index in [4.69, 9.17) is 14.2 Å². The lowest BCUT2D eigenvalue weighted by Crippen LogP contribution is -2.30. The van der Waals surface area contributed by atoms with Gasteiger partial charge in [0.1, 0.15) is 0 Å². The smallest absolute Gasteiger partial charge is 0.231 e. The van der Waals surface area contributed by atoms with E-state index in [1.807, 2.05) is 0 Å². The van der Waals surface area contributed by atoms with Crippen molar-refractivity contribution in [2.45, 2.75) is 12.2 Å². The van der Waals surface area contributed by atoms with Gasteiger partial charge in [-0.25, -0.2) is 0 Å². The van der Waals surface area contributed by atoms with Crippen molar-refractivity contribution in [2.24, 2.45) is 0 Å². The summed E-state index contributed by atoms with van der Waals surface area (Å²) < 4.78 is 16.6. The standard InChI is InChI=1S/C11H11NO3/c1-6-7(2-9-8(1)13-5-14-9)11-4-12-3-10(6)15-11/h1-2,10-12H,3-5H2. The van der Waals surface area contributed by atoms with Gasteiger partial charge in [0.2, 0.25) is 6.79 Å². The van der Waals surface area contributed by atoms with Crippen molar-refractivity contribution in [1.29, 1.82) is 0 Å². The number of ether oxygens (including phenoxy) is 3. The van der Waals surface area contributed by atoms with Gasteiger partial charge in [0.05, 0.1) is 12.2 Å². The molecule has 1 saturated heterocycles. The van der Waals surface area contributed by atoms with Crippen LogP contribution in [0.3, 0.4) is 0 Å². The Balaban J connectivity index is 1.91. The molecule has 1 aromatic carbocycles. The van der Waals surface area contributed by atoms with Crippen LogP contribution in [0.15, 0.2) is 12.1 Å². The Morgan fingerprint density at radius 1 is 1.00 bits per heavy atom. The summed E-state index contributed by atoms with van der Waals surface area (Å²) in [4.78, 5) is 0. The largest absolute Gasteiger partial charge is 0.454 e. The van der Waals surface area contributed by atoms with Crippen molar-refractivity contribution in [3.63, 3.8) is 0 Å². The zero-order valence-corrected chi connectivity index (χ0v) is 8.16. The molecule has 0 aromatic heterocycles. The van der Waals surface area contributed by atoms with Crippen LogP contribution in [0.4, 0.5) is 0 Å². The molecule has 4 nitrogen and oxygen atoms in total. The van der Waals surface area contributed by atoms with Crippen molar-refractivity contribution in [3.8, 4) is 11.5 Å². The van der Waals surface area contributed by atoms with E-state index in [1.165, 1.54) is 11.1 Å². The molecule has 78 valence electrons. The molecule has 0 spiro atoms. The fourth-order valence-electron chi connectivity index (χ4n) is 2.54. The molecular weight excluding hydrogens is 194 g/mol. The zero-order valence-electron chi connectivity index (χ0n) is 8.16. The summed E-state index contributed by atoms with van der Waals surface area (Å²) in [7, 11) is 0. The summed E-state index contributed by atoms with van der Waals surface area (Å²) in [5, 5.41) is 3.36. The second kappa shape index (κ2) is 2.65. The van der Waals surface area contributed by atoms with E-state index >= 15 is 0 Å². The van der Waals surface area contributed by atoms with E-state index in [9.17, 15) is 0 Å². The number of fused-ring (bicyclic) bond motifs is 6. The summed E-state index contributed by atoms with van der Waals surface area (Å²) in [5.74, 6) is 1.70. The average Bonchev–Trinajstić information content (AvgIpc) is 2.82. The lowest BCUT2D eigenvalue weighted by molar-refractivity contribution is -0.0150. The minimum absolute atomic E-state index is 0.188. The van der Waals surface area contributed by atoms with Crippen molar-refractivity contribution < 1.29 is 14.2 Å². The normalized spacial score (nSPS) is 30.4. The Morgan fingerprint density at radius 3 is 2.20 bits per heavy atom. The molecule has 3 heterocycles. The fraction of sp³-hybridized carbons (Fsp3) is 0.455. The topological polar surface area (TPSA) is 39.7 Å². The molecule has 1 N–H and O–H groups in total. The van der Waals surface area contributed by atoms with Crippen LogP contribution in [0, 0.1) is 0 Å². The second-order valence-electron chi connectivity index (χ2n) is 4.11. The molecule has 2 bridgehead atoms. The maximum atomic E-state index is 5.87. The summed E-state index contributed by atoms with van der Waals surface area (Å²) >= 11 is 0. The first kappa shape index (κ1) is 7.96. The van der Waals surface area contributed by atoms with Gasteiger partial charge in [0, 0.05) is 13.1 Å². The van der Waals surface area contributed by atoms with Crippen molar-refractivity contribution >= 4 is 0 Å². The van der Waals surface area contributed by atoms with Crippen LogP contribution in [0.2, 0.25) is 0 Å². The summed E-state index contributed by atoms with van der Waals surface area (Å²) in [6, 6.07) is 4.13. The Morgan fingerprint density at radius 2 is 1.60 bits per heavy atom. The number of morpholine rings is 1. The van der Waals surface area contributed by atoms with Crippen LogP contribution in [0.1, 0.15) is 23.3 Å². The molecule has 0 radical (unpaired) electrons. The van der Waals surface area contributed by atoms with Crippen LogP contribution < -0.4 is 14.8 Å². The molecule has 0 saturated carbocycles. The lowest BCUT2D eigenvalue weighted by atomic mass is 10.0.